The Bertz CT molecular complexity index is 910. The third kappa shape index (κ3) is 3.24. The van der Waals surface area contributed by atoms with Crippen LogP contribution in [-0.2, 0) is 0 Å². The van der Waals surface area contributed by atoms with E-state index in [2.05, 4.69) is 29.6 Å². The van der Waals surface area contributed by atoms with Crippen LogP contribution in [0.25, 0.3) is 21.6 Å². The lowest BCUT2D eigenvalue weighted by Crippen LogP contribution is -2.45. The maximum atomic E-state index is 13.0. The van der Waals surface area contributed by atoms with Crippen molar-refractivity contribution in [1.29, 1.82) is 0 Å². The molecule has 136 valence electrons. The molecule has 1 aliphatic heterocycles. The van der Waals surface area contributed by atoms with E-state index in [4.69, 9.17) is 4.98 Å². The summed E-state index contributed by atoms with van der Waals surface area (Å²) in [7, 11) is 0. The first-order valence-electron chi connectivity index (χ1n) is 9.07. The zero-order valence-corrected chi connectivity index (χ0v) is 15.8. The summed E-state index contributed by atoms with van der Waals surface area (Å²) in [5, 5.41) is 13.8. The molecule has 1 aliphatic rings. The SMILES string of the molecule is CC(C)n1ncc2c(C(=O)N[C@H]3CCCNC3)cc(-c3cccs3)nc21. The fraction of sp³-hybridized carbons (Fsp3) is 0.421. The van der Waals surface area contributed by atoms with Crippen LogP contribution in [0, 0.1) is 0 Å². The molecule has 1 fully saturated rings. The van der Waals surface area contributed by atoms with E-state index in [0.717, 1.165) is 47.5 Å². The number of rotatable bonds is 4. The van der Waals surface area contributed by atoms with Crippen molar-refractivity contribution in [1.82, 2.24) is 25.4 Å². The van der Waals surface area contributed by atoms with Crippen molar-refractivity contribution in [2.45, 2.75) is 38.8 Å². The van der Waals surface area contributed by atoms with Gasteiger partial charge in [-0.15, -0.1) is 11.3 Å². The maximum Gasteiger partial charge on any atom is 0.252 e. The van der Waals surface area contributed by atoms with E-state index in [1.54, 1.807) is 17.5 Å². The van der Waals surface area contributed by atoms with Gasteiger partial charge < -0.3 is 10.6 Å². The molecule has 0 unspecified atom stereocenters. The normalized spacial score (nSPS) is 17.7. The number of amides is 1. The van der Waals surface area contributed by atoms with Gasteiger partial charge in [-0.1, -0.05) is 6.07 Å². The first-order chi connectivity index (χ1) is 12.6. The Kier molecular flexibility index (Phi) is 4.74. The Labute approximate surface area is 156 Å². The first kappa shape index (κ1) is 17.2. The maximum absolute atomic E-state index is 13.0. The summed E-state index contributed by atoms with van der Waals surface area (Å²) in [6.45, 7) is 5.98. The van der Waals surface area contributed by atoms with Crippen LogP contribution in [0.15, 0.2) is 29.8 Å². The van der Waals surface area contributed by atoms with Crippen LogP contribution < -0.4 is 10.6 Å². The van der Waals surface area contributed by atoms with E-state index in [0.29, 0.717) is 5.56 Å². The molecule has 7 heteroatoms. The lowest BCUT2D eigenvalue weighted by Gasteiger charge is -2.24. The van der Waals surface area contributed by atoms with E-state index < -0.39 is 0 Å². The van der Waals surface area contributed by atoms with Crippen LogP contribution in [0.1, 0.15) is 43.1 Å². The van der Waals surface area contributed by atoms with Gasteiger partial charge in [-0.2, -0.15) is 5.10 Å². The lowest BCUT2D eigenvalue weighted by atomic mass is 10.1. The Morgan fingerprint density at radius 1 is 1.46 bits per heavy atom. The predicted octanol–water partition coefficient (Wildman–Crippen LogP) is 3.22. The fourth-order valence-electron chi connectivity index (χ4n) is 3.37. The minimum atomic E-state index is -0.0489. The average molecular weight is 369 g/mol. The molecule has 26 heavy (non-hydrogen) atoms. The second-order valence-electron chi connectivity index (χ2n) is 6.97. The minimum Gasteiger partial charge on any atom is -0.348 e. The van der Waals surface area contributed by atoms with E-state index >= 15 is 0 Å². The molecule has 0 aliphatic carbocycles. The number of piperidine rings is 1. The average Bonchev–Trinajstić information content (AvgIpc) is 3.31. The summed E-state index contributed by atoms with van der Waals surface area (Å²) >= 11 is 1.62. The largest absolute Gasteiger partial charge is 0.348 e. The van der Waals surface area contributed by atoms with Crippen LogP contribution in [0.4, 0.5) is 0 Å². The molecular weight excluding hydrogens is 346 g/mol. The van der Waals surface area contributed by atoms with Crippen molar-refractivity contribution < 1.29 is 4.79 Å². The quantitative estimate of drug-likeness (QED) is 0.741. The molecule has 4 rings (SSSR count). The Morgan fingerprint density at radius 2 is 2.35 bits per heavy atom. The third-order valence-corrected chi connectivity index (χ3v) is 5.60. The molecule has 1 saturated heterocycles. The summed E-state index contributed by atoms with van der Waals surface area (Å²) in [5.74, 6) is -0.0489. The van der Waals surface area contributed by atoms with Gasteiger partial charge in [0.25, 0.3) is 5.91 Å². The topological polar surface area (TPSA) is 71.8 Å². The summed E-state index contributed by atoms with van der Waals surface area (Å²) in [4.78, 5) is 18.9. The highest BCUT2D eigenvalue weighted by Crippen LogP contribution is 2.29. The number of aromatic nitrogens is 3. The second-order valence-corrected chi connectivity index (χ2v) is 7.92. The summed E-state index contributed by atoms with van der Waals surface area (Å²) in [5.41, 5.74) is 2.23. The van der Waals surface area contributed by atoms with E-state index in [1.165, 1.54) is 0 Å². The number of thiophene rings is 1. The molecule has 3 aromatic rings. The molecule has 0 spiro atoms. The van der Waals surface area contributed by atoms with Crippen molar-refractivity contribution in [2.24, 2.45) is 0 Å². The van der Waals surface area contributed by atoms with Crippen LogP contribution >= 0.6 is 11.3 Å². The van der Waals surface area contributed by atoms with Crippen molar-refractivity contribution >= 4 is 28.3 Å². The lowest BCUT2D eigenvalue weighted by molar-refractivity contribution is 0.0932. The van der Waals surface area contributed by atoms with Gasteiger partial charge in [-0.3, -0.25) is 4.79 Å². The molecule has 0 saturated carbocycles. The van der Waals surface area contributed by atoms with Gasteiger partial charge >= 0.3 is 0 Å². The number of nitrogens with zero attached hydrogens (tertiary/aromatic N) is 3. The summed E-state index contributed by atoms with van der Waals surface area (Å²) in [6.07, 6.45) is 3.85. The highest BCUT2D eigenvalue weighted by Gasteiger charge is 2.21. The molecule has 4 heterocycles. The zero-order chi connectivity index (χ0) is 18.1. The molecule has 0 radical (unpaired) electrons. The number of carbonyl (C=O) groups excluding carboxylic acids is 1. The number of hydrogen-bond acceptors (Lipinski definition) is 5. The van der Waals surface area contributed by atoms with E-state index in [1.807, 2.05) is 28.3 Å². The van der Waals surface area contributed by atoms with Gasteiger partial charge in [0.2, 0.25) is 0 Å². The molecule has 3 aromatic heterocycles. The highest BCUT2D eigenvalue weighted by molar-refractivity contribution is 7.13. The number of fused-ring (bicyclic) bond motifs is 1. The first-order valence-corrected chi connectivity index (χ1v) is 9.95. The monoisotopic (exact) mass is 369 g/mol. The Balaban J connectivity index is 1.77. The Hall–Kier alpha value is -2.25. The molecule has 6 nitrogen and oxygen atoms in total. The van der Waals surface area contributed by atoms with Crippen LogP contribution in [0.3, 0.4) is 0 Å². The van der Waals surface area contributed by atoms with Crippen molar-refractivity contribution in [3.63, 3.8) is 0 Å². The van der Waals surface area contributed by atoms with Gasteiger partial charge in [-0.05, 0) is 50.7 Å². The van der Waals surface area contributed by atoms with Gasteiger partial charge in [0.15, 0.2) is 5.65 Å². The molecular formula is C19H23N5OS. The summed E-state index contributed by atoms with van der Waals surface area (Å²) in [6, 6.07) is 6.27. The van der Waals surface area contributed by atoms with Gasteiger partial charge in [0.1, 0.15) is 0 Å². The molecule has 0 aromatic carbocycles. The van der Waals surface area contributed by atoms with Crippen molar-refractivity contribution in [3.05, 3.63) is 35.3 Å². The third-order valence-electron chi connectivity index (χ3n) is 4.71. The van der Waals surface area contributed by atoms with Gasteiger partial charge in [-0.25, -0.2) is 9.67 Å². The van der Waals surface area contributed by atoms with Gasteiger partial charge in [0.05, 0.1) is 27.7 Å². The van der Waals surface area contributed by atoms with E-state index in [-0.39, 0.29) is 18.0 Å². The van der Waals surface area contributed by atoms with E-state index in [9.17, 15) is 4.79 Å². The van der Waals surface area contributed by atoms with Crippen LogP contribution in [0.2, 0.25) is 0 Å². The predicted molar refractivity (Wildman–Crippen MR) is 105 cm³/mol. The Morgan fingerprint density at radius 3 is 3.04 bits per heavy atom. The van der Waals surface area contributed by atoms with Crippen LogP contribution in [-0.4, -0.2) is 39.8 Å². The molecule has 0 bridgehead atoms. The number of pyridine rings is 1. The number of hydrogen-bond donors (Lipinski definition) is 2. The molecule has 1 atom stereocenters. The fourth-order valence-corrected chi connectivity index (χ4v) is 4.06. The highest BCUT2D eigenvalue weighted by atomic mass is 32.1. The molecule has 1 amide bonds. The number of carbonyl (C=O) groups is 1. The van der Waals surface area contributed by atoms with Gasteiger partial charge in [0, 0.05) is 18.6 Å². The summed E-state index contributed by atoms with van der Waals surface area (Å²) < 4.78 is 1.88. The van der Waals surface area contributed by atoms with Crippen molar-refractivity contribution in [3.8, 4) is 10.6 Å². The zero-order valence-electron chi connectivity index (χ0n) is 15.0. The second kappa shape index (κ2) is 7.17. The minimum absolute atomic E-state index is 0.0489. The standard InChI is InChI=1S/C19H23N5OS/c1-12(2)24-18-15(11-21-24)14(9-16(23-18)17-6-4-8-26-17)19(25)22-13-5-3-7-20-10-13/h4,6,8-9,11-13,20H,3,5,7,10H2,1-2H3,(H,22,25)/t13-/m0/s1. The van der Waals surface area contributed by atoms with Crippen molar-refractivity contribution in [2.75, 3.05) is 13.1 Å². The van der Waals surface area contributed by atoms with Crippen LogP contribution in [0.5, 0.6) is 0 Å². The smallest absolute Gasteiger partial charge is 0.252 e. The molecule has 2 N–H and O–H groups in total. The number of nitrogens with one attached hydrogen (secondary N) is 2.